The van der Waals surface area contributed by atoms with E-state index in [1.54, 1.807) is 0 Å². The molecule has 0 unspecified atom stereocenters. The first-order valence-electron chi connectivity index (χ1n) is 22.5. The van der Waals surface area contributed by atoms with E-state index in [4.69, 9.17) is 8.83 Å². The van der Waals surface area contributed by atoms with Gasteiger partial charge in [0.1, 0.15) is 11.2 Å². The highest BCUT2D eigenvalue weighted by Gasteiger charge is 2.36. The van der Waals surface area contributed by atoms with Gasteiger partial charge in [-0.15, -0.1) is 0 Å². The van der Waals surface area contributed by atoms with Crippen LogP contribution in [-0.2, 0) is 5.41 Å². The molecule has 0 fully saturated rings. The molecule has 12 aromatic rings. The van der Waals surface area contributed by atoms with E-state index in [0.29, 0.717) is 0 Å². The lowest BCUT2D eigenvalue weighted by Gasteiger charge is -2.27. The van der Waals surface area contributed by atoms with E-state index >= 15 is 0 Å². The van der Waals surface area contributed by atoms with Gasteiger partial charge in [0.05, 0.1) is 11.4 Å². The zero-order chi connectivity index (χ0) is 43.6. The largest absolute Gasteiger partial charge is 0.454 e. The minimum atomic E-state index is -0.230. The zero-order valence-electron chi connectivity index (χ0n) is 36.7. The maximum absolute atomic E-state index is 6.62. The minimum Gasteiger partial charge on any atom is -0.454 e. The molecule has 4 heteroatoms. The Kier molecular flexibility index (Phi) is 8.05. The van der Waals surface area contributed by atoms with Gasteiger partial charge >= 0.3 is 0 Å². The van der Waals surface area contributed by atoms with E-state index in [-0.39, 0.29) is 5.41 Å². The van der Waals surface area contributed by atoms with E-state index in [2.05, 4.69) is 219 Å². The van der Waals surface area contributed by atoms with Gasteiger partial charge in [-0.25, -0.2) is 0 Å². The first-order chi connectivity index (χ1) is 31.8. The smallest absolute Gasteiger partial charge is 0.159 e. The third-order valence-corrected chi connectivity index (χ3v) is 13.9. The summed E-state index contributed by atoms with van der Waals surface area (Å²) in [5, 5.41) is 9.30. The fourth-order valence-electron chi connectivity index (χ4n) is 10.5. The van der Waals surface area contributed by atoms with Crippen molar-refractivity contribution in [2.45, 2.75) is 33.1 Å². The second kappa shape index (κ2) is 14.0. The van der Waals surface area contributed by atoms with Crippen LogP contribution in [0, 0.1) is 13.8 Å². The number of hydrogen-bond donors (Lipinski definition) is 0. The Morgan fingerprint density at radius 2 is 0.754 bits per heavy atom. The van der Waals surface area contributed by atoms with Crippen LogP contribution in [0.4, 0.5) is 34.1 Å². The van der Waals surface area contributed by atoms with Crippen molar-refractivity contribution in [2.75, 3.05) is 9.80 Å². The van der Waals surface area contributed by atoms with E-state index in [1.165, 1.54) is 54.9 Å². The number of anilines is 6. The van der Waals surface area contributed by atoms with Crippen molar-refractivity contribution in [2.24, 2.45) is 0 Å². The minimum absolute atomic E-state index is 0.230. The number of furan rings is 2. The molecular formula is C61H44N2O2. The van der Waals surface area contributed by atoms with E-state index in [1.807, 2.05) is 12.1 Å². The molecule has 0 amide bonds. The number of aryl methyl sites for hydroxylation is 2. The molecular weight excluding hydrogens is 793 g/mol. The molecule has 1 aliphatic rings. The molecule has 0 saturated heterocycles. The molecule has 2 heterocycles. The van der Waals surface area contributed by atoms with Crippen molar-refractivity contribution in [1.82, 2.24) is 0 Å². The highest BCUT2D eigenvalue weighted by molar-refractivity contribution is 6.12. The summed E-state index contributed by atoms with van der Waals surface area (Å²) in [5.74, 6) is 0. The Labute approximate surface area is 377 Å². The Morgan fingerprint density at radius 1 is 0.354 bits per heavy atom. The molecule has 0 saturated carbocycles. The van der Waals surface area contributed by atoms with Gasteiger partial charge in [0.25, 0.3) is 0 Å². The lowest BCUT2D eigenvalue weighted by Crippen LogP contribution is -2.15. The third-order valence-electron chi connectivity index (χ3n) is 13.9. The molecule has 0 N–H and O–H groups in total. The molecule has 2 aromatic heterocycles. The molecule has 1 aliphatic carbocycles. The molecule has 4 nitrogen and oxygen atoms in total. The number of rotatable bonds is 6. The summed E-state index contributed by atoms with van der Waals surface area (Å²) in [7, 11) is 0. The topological polar surface area (TPSA) is 32.8 Å². The van der Waals surface area contributed by atoms with Crippen molar-refractivity contribution in [3.05, 3.63) is 216 Å². The molecule has 10 aromatic carbocycles. The first kappa shape index (κ1) is 37.5. The number of hydrogen-bond acceptors (Lipinski definition) is 4. The molecule has 0 aliphatic heterocycles. The summed E-state index contributed by atoms with van der Waals surface area (Å²) in [6.07, 6.45) is 0. The summed E-state index contributed by atoms with van der Waals surface area (Å²) >= 11 is 0. The van der Waals surface area contributed by atoms with Gasteiger partial charge in [-0.3, -0.25) is 0 Å². The highest BCUT2D eigenvalue weighted by atomic mass is 16.3. The van der Waals surface area contributed by atoms with Crippen LogP contribution in [0.3, 0.4) is 0 Å². The first-order valence-corrected chi connectivity index (χ1v) is 22.5. The number of benzene rings is 10. The average Bonchev–Trinajstić information content (AvgIpc) is 3.97. The van der Waals surface area contributed by atoms with Gasteiger partial charge in [0, 0.05) is 49.7 Å². The molecule has 0 atom stereocenters. The molecule has 310 valence electrons. The second-order valence-corrected chi connectivity index (χ2v) is 18.3. The van der Waals surface area contributed by atoms with Crippen molar-refractivity contribution in [3.63, 3.8) is 0 Å². The fraction of sp³-hybridized carbons (Fsp3) is 0.0820. The Morgan fingerprint density at radius 3 is 1.20 bits per heavy atom. The number of fused-ring (bicyclic) bond motifs is 11. The van der Waals surface area contributed by atoms with Crippen molar-refractivity contribution in [1.29, 1.82) is 0 Å². The number of nitrogens with zero attached hydrogens (tertiary/aromatic N) is 2. The summed E-state index contributed by atoms with van der Waals surface area (Å²) in [6.45, 7) is 9.03. The average molecular weight is 837 g/mol. The molecule has 13 rings (SSSR count). The predicted molar refractivity (Wildman–Crippen MR) is 272 cm³/mol. The van der Waals surface area contributed by atoms with Gasteiger partial charge < -0.3 is 18.6 Å². The van der Waals surface area contributed by atoms with Crippen molar-refractivity contribution < 1.29 is 8.83 Å². The van der Waals surface area contributed by atoms with Gasteiger partial charge in [0.15, 0.2) is 11.2 Å². The predicted octanol–water partition coefficient (Wildman–Crippen LogP) is 17.7. The summed E-state index contributed by atoms with van der Waals surface area (Å²) in [5.41, 5.74) is 17.4. The molecule has 0 radical (unpaired) electrons. The maximum atomic E-state index is 6.62. The van der Waals surface area contributed by atoms with Crippen LogP contribution in [0.15, 0.2) is 203 Å². The summed E-state index contributed by atoms with van der Waals surface area (Å²) in [4.78, 5) is 4.69. The quantitative estimate of drug-likeness (QED) is 0.167. The lowest BCUT2D eigenvalue weighted by atomic mass is 9.81. The Hall–Kier alpha value is -8.08. The SMILES string of the molecule is Cc1ccc(N(c2ccc3cc4c(cc3c2)C(C)(C)c2cc3cc(N(c5ccc(C)cc5)c5cccc6c5oc5ccccc56)ccc3cc2-4)c2cccc3c2oc2ccccc23)cc1. The van der Waals surface area contributed by atoms with Crippen molar-refractivity contribution >= 4 is 99.5 Å². The van der Waals surface area contributed by atoms with Gasteiger partial charge in [0.2, 0.25) is 0 Å². The second-order valence-electron chi connectivity index (χ2n) is 18.3. The van der Waals surface area contributed by atoms with Gasteiger partial charge in [-0.1, -0.05) is 122 Å². The Balaban J connectivity index is 0.933. The summed E-state index contributed by atoms with van der Waals surface area (Å²) < 4.78 is 13.2. The fourth-order valence-corrected chi connectivity index (χ4v) is 10.5. The van der Waals surface area contributed by atoms with Crippen LogP contribution >= 0.6 is 0 Å². The highest BCUT2D eigenvalue weighted by Crippen LogP contribution is 2.52. The molecule has 0 bridgehead atoms. The van der Waals surface area contributed by atoms with Crippen LogP contribution in [0.5, 0.6) is 0 Å². The zero-order valence-corrected chi connectivity index (χ0v) is 36.7. The lowest BCUT2D eigenvalue weighted by molar-refractivity contribution is 0.662. The number of para-hydroxylation sites is 4. The molecule has 0 spiro atoms. The third kappa shape index (κ3) is 5.77. The van der Waals surface area contributed by atoms with E-state index < -0.39 is 0 Å². The van der Waals surface area contributed by atoms with Crippen LogP contribution < -0.4 is 9.80 Å². The van der Waals surface area contributed by atoms with Gasteiger partial charge in [-0.2, -0.15) is 0 Å². The summed E-state index contributed by atoms with van der Waals surface area (Å²) in [6, 6.07) is 70.6. The van der Waals surface area contributed by atoms with E-state index in [0.717, 1.165) is 78.0 Å². The normalized spacial score (nSPS) is 13.0. The van der Waals surface area contributed by atoms with Crippen LogP contribution in [-0.4, -0.2) is 0 Å². The monoisotopic (exact) mass is 836 g/mol. The molecule has 65 heavy (non-hydrogen) atoms. The van der Waals surface area contributed by atoms with Gasteiger partial charge in [-0.05, 0) is 155 Å². The van der Waals surface area contributed by atoms with Crippen LogP contribution in [0.1, 0.15) is 36.1 Å². The van der Waals surface area contributed by atoms with E-state index in [9.17, 15) is 0 Å². The van der Waals surface area contributed by atoms with Crippen molar-refractivity contribution in [3.8, 4) is 11.1 Å². The standard InChI is InChI=1S/C61H44N2O2/c1-37-19-25-43(26-20-37)62(55-15-9-13-49-47-11-5-7-17-57(47)64-59(49)55)45-29-23-39-33-51-52-34-40-24-30-46(32-42(40)36-54(52)61(3,4)53(51)35-41(39)31-45)63(44-27-21-38(2)22-28-44)56-16-10-14-50-48-12-6-8-18-58(48)65-60(50)56/h5-36H,1-4H3. The Bertz CT molecular complexity index is 3640. The van der Waals surface area contributed by atoms with Crippen LogP contribution in [0.2, 0.25) is 0 Å². The van der Waals surface area contributed by atoms with Crippen LogP contribution in [0.25, 0.3) is 76.5 Å². The maximum Gasteiger partial charge on any atom is 0.159 e.